The fourth-order valence-electron chi connectivity index (χ4n) is 5.56. The van der Waals surface area contributed by atoms with E-state index in [-0.39, 0.29) is 55.7 Å². The second-order valence-corrected chi connectivity index (χ2v) is 12.8. The van der Waals surface area contributed by atoms with Crippen molar-refractivity contribution in [2.45, 2.75) is 180 Å². The lowest BCUT2D eigenvalue weighted by molar-refractivity contribution is -0.143. The second kappa shape index (κ2) is 30.1. The standard InChI is InChI=1S/C36H66N4O8/c1-4-7-8-9-10-11-12-13-14-15-16-17-18-22-33(43)39-30(36(47)48)24-26-34(44)40-29(35(45)46)23-25-32(42)38-27-20-19-21-28(37-6-3)31(41)5-2/h28-30,37H,4-27H2,1-3H3,(H,38,42)(H,39,43)(H,40,44)(H,45,46)(H,47,48)/t28-,29-,30-/m1/s1. The van der Waals surface area contributed by atoms with Crippen LogP contribution in [0.3, 0.4) is 0 Å². The van der Waals surface area contributed by atoms with Crippen LogP contribution in [0.2, 0.25) is 0 Å². The smallest absolute Gasteiger partial charge is 0.326 e. The van der Waals surface area contributed by atoms with Crippen LogP contribution in [0.25, 0.3) is 0 Å². The van der Waals surface area contributed by atoms with Gasteiger partial charge in [-0.2, -0.15) is 0 Å². The molecule has 6 N–H and O–H groups in total. The molecular formula is C36H66N4O8. The molecule has 12 heteroatoms. The fourth-order valence-corrected chi connectivity index (χ4v) is 5.56. The molecule has 0 aromatic carbocycles. The molecule has 0 spiro atoms. The normalized spacial score (nSPS) is 12.9. The Morgan fingerprint density at radius 1 is 0.500 bits per heavy atom. The number of carboxylic acid groups (broad SMARTS) is 2. The topological polar surface area (TPSA) is 191 Å². The van der Waals surface area contributed by atoms with Crippen molar-refractivity contribution >= 4 is 35.4 Å². The molecule has 0 saturated carbocycles. The molecule has 3 amide bonds. The van der Waals surface area contributed by atoms with Gasteiger partial charge in [0, 0.05) is 32.2 Å². The number of carbonyl (C=O) groups is 6. The van der Waals surface area contributed by atoms with Gasteiger partial charge in [0.15, 0.2) is 0 Å². The zero-order chi connectivity index (χ0) is 36.0. The summed E-state index contributed by atoms with van der Waals surface area (Å²) in [4.78, 5) is 72.3. The van der Waals surface area contributed by atoms with Crippen molar-refractivity contribution in [3.05, 3.63) is 0 Å². The first-order chi connectivity index (χ1) is 23.0. The number of unbranched alkanes of at least 4 members (excludes halogenated alkanes) is 13. The minimum Gasteiger partial charge on any atom is -0.480 e. The average Bonchev–Trinajstić information content (AvgIpc) is 3.05. The van der Waals surface area contributed by atoms with E-state index in [4.69, 9.17) is 0 Å². The lowest BCUT2D eigenvalue weighted by atomic mass is 10.0. The minimum absolute atomic E-state index is 0.113. The fraction of sp³-hybridized carbons (Fsp3) is 0.833. The molecule has 0 rings (SSSR count). The number of hydrogen-bond donors (Lipinski definition) is 6. The van der Waals surface area contributed by atoms with Gasteiger partial charge in [-0.15, -0.1) is 0 Å². The summed E-state index contributed by atoms with van der Waals surface area (Å²) < 4.78 is 0. The Morgan fingerprint density at radius 2 is 0.958 bits per heavy atom. The van der Waals surface area contributed by atoms with Crippen molar-refractivity contribution in [3.8, 4) is 0 Å². The molecule has 0 bridgehead atoms. The van der Waals surface area contributed by atoms with E-state index in [1.54, 1.807) is 0 Å². The van der Waals surface area contributed by atoms with Crippen LogP contribution < -0.4 is 21.3 Å². The molecule has 0 unspecified atom stereocenters. The Morgan fingerprint density at radius 3 is 1.42 bits per heavy atom. The molecule has 0 fully saturated rings. The summed E-state index contributed by atoms with van der Waals surface area (Å²) >= 11 is 0. The van der Waals surface area contributed by atoms with Gasteiger partial charge < -0.3 is 31.5 Å². The van der Waals surface area contributed by atoms with Crippen LogP contribution in [0.15, 0.2) is 0 Å². The van der Waals surface area contributed by atoms with Gasteiger partial charge in [-0.3, -0.25) is 19.2 Å². The Hall–Kier alpha value is -3.02. The minimum atomic E-state index is -1.31. The van der Waals surface area contributed by atoms with Gasteiger partial charge in [-0.1, -0.05) is 97.8 Å². The summed E-state index contributed by atoms with van der Waals surface area (Å²) in [6, 6.07) is -2.75. The maximum atomic E-state index is 12.4. The molecule has 48 heavy (non-hydrogen) atoms. The van der Waals surface area contributed by atoms with E-state index in [1.165, 1.54) is 57.8 Å². The molecule has 0 saturated heterocycles. The molecule has 12 nitrogen and oxygen atoms in total. The predicted molar refractivity (Wildman–Crippen MR) is 188 cm³/mol. The summed E-state index contributed by atoms with van der Waals surface area (Å²) in [6.45, 7) is 7.09. The number of amides is 3. The number of Topliss-reactive ketones (excluding diaryl/α,β-unsaturated/α-hetero) is 1. The first-order valence-electron chi connectivity index (χ1n) is 18.6. The number of nitrogens with one attached hydrogen (secondary N) is 4. The average molecular weight is 683 g/mol. The highest BCUT2D eigenvalue weighted by molar-refractivity contribution is 5.86. The van der Waals surface area contributed by atoms with E-state index >= 15 is 0 Å². The highest BCUT2D eigenvalue weighted by Gasteiger charge is 2.24. The largest absolute Gasteiger partial charge is 0.480 e. The predicted octanol–water partition coefficient (Wildman–Crippen LogP) is 5.41. The van der Waals surface area contributed by atoms with Gasteiger partial charge in [0.05, 0.1) is 6.04 Å². The zero-order valence-electron chi connectivity index (χ0n) is 30.0. The third-order valence-corrected chi connectivity index (χ3v) is 8.52. The van der Waals surface area contributed by atoms with Crippen LogP contribution in [0.1, 0.15) is 162 Å². The van der Waals surface area contributed by atoms with Crippen LogP contribution in [0.5, 0.6) is 0 Å². The second-order valence-electron chi connectivity index (χ2n) is 12.8. The Kier molecular flexibility index (Phi) is 28.2. The van der Waals surface area contributed by atoms with Crippen molar-refractivity contribution < 1.29 is 39.0 Å². The van der Waals surface area contributed by atoms with E-state index in [9.17, 15) is 39.0 Å². The molecule has 0 aliphatic heterocycles. The molecule has 0 radical (unpaired) electrons. The molecular weight excluding hydrogens is 616 g/mol. The van der Waals surface area contributed by atoms with Gasteiger partial charge in [0.1, 0.15) is 17.9 Å². The van der Waals surface area contributed by atoms with Crippen LogP contribution >= 0.6 is 0 Å². The summed E-state index contributed by atoms with van der Waals surface area (Å²) in [5, 5.41) is 29.8. The van der Waals surface area contributed by atoms with Crippen molar-refractivity contribution in [3.63, 3.8) is 0 Å². The zero-order valence-corrected chi connectivity index (χ0v) is 30.0. The van der Waals surface area contributed by atoms with Gasteiger partial charge >= 0.3 is 11.9 Å². The van der Waals surface area contributed by atoms with Gasteiger partial charge in [0.2, 0.25) is 17.7 Å². The third-order valence-electron chi connectivity index (χ3n) is 8.52. The van der Waals surface area contributed by atoms with Crippen molar-refractivity contribution in [1.29, 1.82) is 0 Å². The third kappa shape index (κ3) is 25.1. The highest BCUT2D eigenvalue weighted by Crippen LogP contribution is 2.13. The maximum Gasteiger partial charge on any atom is 0.326 e. The van der Waals surface area contributed by atoms with Crippen molar-refractivity contribution in [2.75, 3.05) is 13.1 Å². The number of carboxylic acids is 2. The number of ketones is 1. The number of likely N-dealkylation sites (N-methyl/N-ethyl adjacent to an activating group) is 1. The van der Waals surface area contributed by atoms with E-state index < -0.39 is 29.9 Å². The van der Waals surface area contributed by atoms with E-state index in [2.05, 4.69) is 28.2 Å². The lowest BCUT2D eigenvalue weighted by Gasteiger charge is -2.17. The SMILES string of the molecule is CCCCCCCCCCCCCCCC(=O)N[C@H](CCC(=O)N[C@H](CCC(=O)NCCCC[C@@H](NCC)C(=O)CC)C(=O)O)C(=O)O. The quantitative estimate of drug-likeness (QED) is 0.0491. The van der Waals surface area contributed by atoms with Crippen LogP contribution in [-0.2, 0) is 28.8 Å². The molecule has 0 aliphatic carbocycles. The van der Waals surface area contributed by atoms with E-state index in [0.717, 1.165) is 25.7 Å². The molecule has 278 valence electrons. The maximum absolute atomic E-state index is 12.4. The number of hydrogen-bond acceptors (Lipinski definition) is 7. The number of aliphatic carboxylic acids is 2. The van der Waals surface area contributed by atoms with Crippen molar-refractivity contribution in [2.24, 2.45) is 0 Å². The van der Waals surface area contributed by atoms with E-state index in [1.807, 2.05) is 13.8 Å². The Balaban J connectivity index is 4.24. The monoisotopic (exact) mass is 682 g/mol. The lowest BCUT2D eigenvalue weighted by Crippen LogP contribution is -2.44. The molecule has 3 atom stereocenters. The molecule has 0 aliphatic rings. The van der Waals surface area contributed by atoms with Crippen molar-refractivity contribution in [1.82, 2.24) is 21.3 Å². The van der Waals surface area contributed by atoms with Gasteiger partial charge in [0.25, 0.3) is 0 Å². The summed E-state index contributed by atoms with van der Waals surface area (Å²) in [6.07, 6.45) is 17.4. The molecule has 0 aromatic heterocycles. The van der Waals surface area contributed by atoms with Crippen LogP contribution in [-0.4, -0.2) is 76.9 Å². The number of rotatable bonds is 33. The van der Waals surface area contributed by atoms with Crippen LogP contribution in [0, 0.1) is 0 Å². The van der Waals surface area contributed by atoms with Gasteiger partial charge in [-0.25, -0.2) is 9.59 Å². The first kappa shape index (κ1) is 45.0. The number of carbonyl (C=O) groups excluding carboxylic acids is 4. The molecule has 0 heterocycles. The first-order valence-corrected chi connectivity index (χ1v) is 18.6. The summed E-state index contributed by atoms with van der Waals surface area (Å²) in [7, 11) is 0. The van der Waals surface area contributed by atoms with Gasteiger partial charge in [-0.05, 0) is 45.1 Å². The summed E-state index contributed by atoms with van der Waals surface area (Å²) in [5.74, 6) is -3.80. The van der Waals surface area contributed by atoms with E-state index in [0.29, 0.717) is 38.8 Å². The summed E-state index contributed by atoms with van der Waals surface area (Å²) in [5.41, 5.74) is 0. The Bertz CT molecular complexity index is 930. The Labute approximate surface area is 288 Å². The highest BCUT2D eigenvalue weighted by atomic mass is 16.4. The van der Waals surface area contributed by atoms with Crippen LogP contribution in [0.4, 0.5) is 0 Å². The molecule has 0 aromatic rings.